The maximum Gasteiger partial charge on any atom is 0.287 e. The van der Waals surface area contributed by atoms with Crippen molar-refractivity contribution in [2.45, 2.75) is 37.5 Å². The van der Waals surface area contributed by atoms with E-state index in [9.17, 15) is 4.79 Å². The van der Waals surface area contributed by atoms with E-state index in [1.807, 2.05) is 0 Å². The number of hydrogen-bond acceptors (Lipinski definition) is 6. The summed E-state index contributed by atoms with van der Waals surface area (Å²) in [6, 6.07) is 0. The molecule has 2 fully saturated rings. The van der Waals surface area contributed by atoms with Crippen molar-refractivity contribution in [3.05, 3.63) is 33.3 Å². The Morgan fingerprint density at radius 2 is 2.13 bits per heavy atom. The van der Waals surface area contributed by atoms with Gasteiger partial charge in [-0.3, -0.25) is 4.79 Å². The number of aryl methyl sites for hydroxylation is 1. The van der Waals surface area contributed by atoms with Crippen LogP contribution in [0.2, 0.25) is 5.02 Å². The molecule has 1 aliphatic carbocycles. The summed E-state index contributed by atoms with van der Waals surface area (Å²) >= 11 is 6.21. The summed E-state index contributed by atoms with van der Waals surface area (Å²) < 4.78 is 6.61. The first kappa shape index (κ1) is 14.7. The normalized spacial score (nSPS) is 21.7. The molecule has 1 atom stereocenters. The number of halogens is 1. The van der Waals surface area contributed by atoms with E-state index in [-0.39, 0.29) is 16.5 Å². The van der Waals surface area contributed by atoms with Gasteiger partial charge in [-0.1, -0.05) is 16.8 Å². The molecule has 2 aliphatic rings. The minimum absolute atomic E-state index is 0.195. The van der Waals surface area contributed by atoms with Crippen molar-refractivity contribution in [2.24, 2.45) is 7.05 Å². The minimum atomic E-state index is -0.276. The molecule has 0 N–H and O–H groups in total. The van der Waals surface area contributed by atoms with Crippen molar-refractivity contribution in [3.8, 4) is 0 Å². The maximum absolute atomic E-state index is 12.0. The van der Waals surface area contributed by atoms with Crippen LogP contribution in [0.25, 0.3) is 0 Å². The second-order valence-corrected chi connectivity index (χ2v) is 6.70. The molecule has 0 bridgehead atoms. The molecular weight excluding hydrogens is 318 g/mol. The molecule has 1 saturated heterocycles. The topological polar surface area (TPSA) is 77.1 Å². The van der Waals surface area contributed by atoms with Gasteiger partial charge in [0.15, 0.2) is 5.82 Å². The molecule has 122 valence electrons. The van der Waals surface area contributed by atoms with E-state index in [1.54, 1.807) is 13.2 Å². The average Bonchev–Trinajstić information content (AvgIpc) is 3.30. The van der Waals surface area contributed by atoms with Gasteiger partial charge in [0.2, 0.25) is 5.89 Å². The third-order valence-electron chi connectivity index (χ3n) is 4.57. The van der Waals surface area contributed by atoms with Gasteiger partial charge in [0.05, 0.1) is 11.9 Å². The van der Waals surface area contributed by atoms with Crippen LogP contribution >= 0.6 is 11.6 Å². The molecule has 4 rings (SSSR count). The number of hydrogen-bond donors (Lipinski definition) is 0. The predicted octanol–water partition coefficient (Wildman–Crippen LogP) is 2.08. The number of nitrogens with zero attached hydrogens (tertiary/aromatic N) is 5. The van der Waals surface area contributed by atoms with Crippen LogP contribution in [0.3, 0.4) is 0 Å². The molecule has 7 nitrogen and oxygen atoms in total. The Kier molecular flexibility index (Phi) is 3.60. The van der Waals surface area contributed by atoms with Gasteiger partial charge in [-0.2, -0.15) is 10.1 Å². The van der Waals surface area contributed by atoms with Crippen molar-refractivity contribution >= 4 is 17.3 Å². The SMILES string of the molecule is Cn1ncc(N2CCC[C@@H](c3noc(C4CC4)n3)C2)c(Cl)c1=O. The first-order valence-electron chi connectivity index (χ1n) is 7.93. The van der Waals surface area contributed by atoms with Crippen LogP contribution < -0.4 is 10.5 Å². The predicted molar refractivity (Wildman–Crippen MR) is 84.9 cm³/mol. The molecule has 0 spiro atoms. The average molecular weight is 336 g/mol. The second kappa shape index (κ2) is 5.63. The summed E-state index contributed by atoms with van der Waals surface area (Å²) in [5.41, 5.74) is 0.409. The van der Waals surface area contributed by atoms with Gasteiger partial charge in [-0.05, 0) is 25.7 Å². The molecule has 1 aliphatic heterocycles. The summed E-state index contributed by atoms with van der Waals surface area (Å²) in [6.07, 6.45) is 5.94. The molecule has 23 heavy (non-hydrogen) atoms. The molecule has 2 aromatic heterocycles. The molecule has 3 heterocycles. The first-order valence-corrected chi connectivity index (χ1v) is 8.31. The van der Waals surface area contributed by atoms with E-state index in [0.29, 0.717) is 11.6 Å². The van der Waals surface area contributed by atoms with Gasteiger partial charge >= 0.3 is 0 Å². The largest absolute Gasteiger partial charge is 0.368 e. The Hall–Kier alpha value is -1.89. The Morgan fingerprint density at radius 3 is 2.91 bits per heavy atom. The van der Waals surface area contributed by atoms with Crippen molar-refractivity contribution < 1.29 is 4.52 Å². The maximum atomic E-state index is 12.0. The van der Waals surface area contributed by atoms with Crippen molar-refractivity contribution in [1.82, 2.24) is 19.9 Å². The van der Waals surface area contributed by atoms with E-state index in [0.717, 1.165) is 50.5 Å². The standard InChI is InChI=1S/C15H18ClN5O2/c1-20-15(22)12(16)11(7-17-20)21-6-2-3-10(8-21)13-18-14(23-19-13)9-4-5-9/h7,9-10H,2-6,8H2,1H3/t10-/m1/s1. The molecular formula is C15H18ClN5O2. The lowest BCUT2D eigenvalue weighted by atomic mass is 9.97. The zero-order valence-corrected chi connectivity index (χ0v) is 13.7. The lowest BCUT2D eigenvalue weighted by Crippen LogP contribution is -2.36. The lowest BCUT2D eigenvalue weighted by Gasteiger charge is -2.33. The monoisotopic (exact) mass is 335 g/mol. The Bertz CT molecular complexity index is 782. The van der Waals surface area contributed by atoms with Gasteiger partial charge in [0, 0.05) is 32.0 Å². The van der Waals surface area contributed by atoms with E-state index >= 15 is 0 Å². The van der Waals surface area contributed by atoms with Gasteiger partial charge < -0.3 is 9.42 Å². The second-order valence-electron chi connectivity index (χ2n) is 6.32. The number of piperidine rings is 1. The summed E-state index contributed by atoms with van der Waals surface area (Å²) in [6.45, 7) is 1.57. The van der Waals surface area contributed by atoms with E-state index < -0.39 is 0 Å². The highest BCUT2D eigenvalue weighted by atomic mass is 35.5. The quantitative estimate of drug-likeness (QED) is 0.854. The van der Waals surface area contributed by atoms with Gasteiger partial charge in [0.1, 0.15) is 5.02 Å². The summed E-state index contributed by atoms with van der Waals surface area (Å²) in [5.74, 6) is 2.20. The molecule has 0 amide bonds. The molecule has 8 heteroatoms. The van der Waals surface area contributed by atoms with Crippen molar-refractivity contribution in [1.29, 1.82) is 0 Å². The van der Waals surface area contributed by atoms with E-state index in [1.165, 1.54) is 4.68 Å². The number of aromatic nitrogens is 4. The van der Waals surface area contributed by atoms with E-state index in [4.69, 9.17) is 16.1 Å². The van der Waals surface area contributed by atoms with Crippen LogP contribution in [0.1, 0.15) is 49.2 Å². The number of anilines is 1. The molecule has 0 unspecified atom stereocenters. The van der Waals surface area contributed by atoms with Gasteiger partial charge in [-0.15, -0.1) is 0 Å². The van der Waals surface area contributed by atoms with Crippen LogP contribution in [-0.4, -0.2) is 33.0 Å². The smallest absolute Gasteiger partial charge is 0.287 e. The molecule has 0 aromatic carbocycles. The Balaban J connectivity index is 1.56. The fourth-order valence-corrected chi connectivity index (χ4v) is 3.33. The highest BCUT2D eigenvalue weighted by Crippen LogP contribution is 2.40. The molecule has 0 radical (unpaired) electrons. The van der Waals surface area contributed by atoms with Crippen molar-refractivity contribution in [2.75, 3.05) is 18.0 Å². The summed E-state index contributed by atoms with van der Waals surface area (Å²) in [7, 11) is 1.59. The zero-order chi connectivity index (χ0) is 16.0. The zero-order valence-electron chi connectivity index (χ0n) is 12.9. The highest BCUT2D eigenvalue weighted by Gasteiger charge is 2.32. The minimum Gasteiger partial charge on any atom is -0.368 e. The van der Waals surface area contributed by atoms with Crippen LogP contribution in [0.5, 0.6) is 0 Å². The fraction of sp³-hybridized carbons (Fsp3) is 0.600. The molecule has 1 saturated carbocycles. The summed E-state index contributed by atoms with van der Waals surface area (Å²) in [5, 5.41) is 8.45. The highest BCUT2D eigenvalue weighted by molar-refractivity contribution is 6.33. The Morgan fingerprint density at radius 1 is 1.30 bits per heavy atom. The van der Waals surface area contributed by atoms with Crippen LogP contribution in [-0.2, 0) is 7.05 Å². The number of rotatable bonds is 3. The first-order chi connectivity index (χ1) is 11.1. The van der Waals surface area contributed by atoms with Crippen LogP contribution in [0.4, 0.5) is 5.69 Å². The van der Waals surface area contributed by atoms with E-state index in [2.05, 4.69) is 20.1 Å². The Labute approximate surface area is 138 Å². The van der Waals surface area contributed by atoms with Crippen LogP contribution in [0.15, 0.2) is 15.5 Å². The van der Waals surface area contributed by atoms with Crippen LogP contribution in [0, 0.1) is 0 Å². The lowest BCUT2D eigenvalue weighted by molar-refractivity contribution is 0.366. The van der Waals surface area contributed by atoms with Crippen molar-refractivity contribution in [3.63, 3.8) is 0 Å². The third kappa shape index (κ3) is 2.73. The van der Waals surface area contributed by atoms with Gasteiger partial charge in [-0.25, -0.2) is 4.68 Å². The van der Waals surface area contributed by atoms with Gasteiger partial charge in [0.25, 0.3) is 5.56 Å². The third-order valence-corrected chi connectivity index (χ3v) is 4.93. The fourth-order valence-electron chi connectivity index (χ4n) is 3.04. The summed E-state index contributed by atoms with van der Waals surface area (Å²) in [4.78, 5) is 18.6. The molecule has 2 aromatic rings.